The molecule has 4 atom stereocenters. The second kappa shape index (κ2) is 5.03. The second-order valence-corrected chi connectivity index (χ2v) is 5.89. The minimum Gasteiger partial charge on any atom is -0.394 e. The summed E-state index contributed by atoms with van der Waals surface area (Å²) in [4.78, 5) is 0. The second-order valence-electron chi connectivity index (χ2n) is 5.89. The molecule has 2 fully saturated rings. The molecule has 0 heterocycles. The quantitative estimate of drug-likeness (QED) is 0.683. The van der Waals surface area contributed by atoms with Crippen molar-refractivity contribution in [3.05, 3.63) is 0 Å². The largest absolute Gasteiger partial charge is 0.394 e. The molecular formula is C13H25NO2. The molecule has 0 aromatic rings. The maximum atomic E-state index is 9.85. The summed E-state index contributed by atoms with van der Waals surface area (Å²) in [6, 6.07) is 0.206. The van der Waals surface area contributed by atoms with Crippen LogP contribution in [0.1, 0.15) is 51.9 Å². The first-order chi connectivity index (χ1) is 7.65. The molecule has 3 heteroatoms. The Morgan fingerprint density at radius 2 is 2.06 bits per heavy atom. The molecule has 0 radical (unpaired) electrons. The van der Waals surface area contributed by atoms with E-state index in [9.17, 15) is 10.2 Å². The van der Waals surface area contributed by atoms with Gasteiger partial charge in [0.15, 0.2) is 0 Å². The van der Waals surface area contributed by atoms with Gasteiger partial charge in [0.05, 0.1) is 12.7 Å². The van der Waals surface area contributed by atoms with Gasteiger partial charge in [-0.3, -0.25) is 0 Å². The van der Waals surface area contributed by atoms with Crippen LogP contribution in [0.4, 0.5) is 0 Å². The molecule has 2 unspecified atom stereocenters. The third kappa shape index (κ3) is 2.58. The van der Waals surface area contributed by atoms with E-state index in [1.54, 1.807) is 0 Å². The number of nitrogens with one attached hydrogen (secondary N) is 1. The Kier molecular flexibility index (Phi) is 3.88. The Bertz CT molecular complexity index is 234. The molecule has 0 aromatic carbocycles. The lowest BCUT2D eigenvalue weighted by Crippen LogP contribution is -2.57. The van der Waals surface area contributed by atoms with E-state index in [4.69, 9.17) is 0 Å². The molecule has 94 valence electrons. The zero-order valence-corrected chi connectivity index (χ0v) is 10.3. The fourth-order valence-corrected chi connectivity index (χ4v) is 3.48. The van der Waals surface area contributed by atoms with Crippen LogP contribution in [0.2, 0.25) is 0 Å². The predicted octanol–water partition coefficient (Wildman–Crippen LogP) is 1.43. The molecule has 2 aliphatic rings. The van der Waals surface area contributed by atoms with E-state index in [1.165, 1.54) is 12.8 Å². The van der Waals surface area contributed by atoms with Gasteiger partial charge in [0, 0.05) is 11.6 Å². The van der Waals surface area contributed by atoms with Crippen LogP contribution < -0.4 is 5.32 Å². The molecule has 0 bridgehead atoms. The van der Waals surface area contributed by atoms with Gasteiger partial charge in [0.25, 0.3) is 0 Å². The fourth-order valence-electron chi connectivity index (χ4n) is 3.48. The van der Waals surface area contributed by atoms with Crippen molar-refractivity contribution in [2.75, 3.05) is 6.61 Å². The standard InChI is InChI=1S/C13H25NO2/c1-10-4-3-7-13(8-10,9-15)14-11-5-2-6-12(11)16/h10-12,14-16H,2-9H2,1H3/t10?,11-,12-,13?/m0/s1. The van der Waals surface area contributed by atoms with E-state index in [0.717, 1.165) is 32.1 Å². The van der Waals surface area contributed by atoms with Crippen LogP contribution in [0.5, 0.6) is 0 Å². The van der Waals surface area contributed by atoms with Crippen LogP contribution in [0.25, 0.3) is 0 Å². The summed E-state index contributed by atoms with van der Waals surface area (Å²) in [7, 11) is 0. The summed E-state index contributed by atoms with van der Waals surface area (Å²) < 4.78 is 0. The molecular weight excluding hydrogens is 202 g/mol. The number of aliphatic hydroxyl groups is 2. The van der Waals surface area contributed by atoms with Gasteiger partial charge in [0.1, 0.15) is 0 Å². The molecule has 16 heavy (non-hydrogen) atoms. The SMILES string of the molecule is CC1CCCC(CO)(N[C@H]2CCC[C@@H]2O)C1. The van der Waals surface area contributed by atoms with Crippen molar-refractivity contribution in [3.8, 4) is 0 Å². The lowest BCUT2D eigenvalue weighted by Gasteiger charge is -2.42. The van der Waals surface area contributed by atoms with Crippen molar-refractivity contribution in [1.82, 2.24) is 5.32 Å². The van der Waals surface area contributed by atoms with Crippen molar-refractivity contribution in [2.45, 2.75) is 69.6 Å². The van der Waals surface area contributed by atoms with Crippen LogP contribution in [-0.4, -0.2) is 34.5 Å². The monoisotopic (exact) mass is 227 g/mol. The molecule has 3 N–H and O–H groups in total. The normalized spacial score (nSPS) is 44.8. The predicted molar refractivity (Wildman–Crippen MR) is 64.2 cm³/mol. The van der Waals surface area contributed by atoms with Crippen LogP contribution in [0.15, 0.2) is 0 Å². The van der Waals surface area contributed by atoms with E-state index in [2.05, 4.69) is 12.2 Å². The summed E-state index contributed by atoms with van der Waals surface area (Å²) >= 11 is 0. The molecule has 3 nitrogen and oxygen atoms in total. The van der Waals surface area contributed by atoms with Gasteiger partial charge in [-0.25, -0.2) is 0 Å². The van der Waals surface area contributed by atoms with Gasteiger partial charge in [-0.15, -0.1) is 0 Å². The van der Waals surface area contributed by atoms with E-state index in [-0.39, 0.29) is 24.3 Å². The smallest absolute Gasteiger partial charge is 0.0693 e. The number of rotatable bonds is 3. The highest BCUT2D eigenvalue weighted by atomic mass is 16.3. The van der Waals surface area contributed by atoms with Crippen LogP contribution >= 0.6 is 0 Å². The van der Waals surface area contributed by atoms with Crippen LogP contribution in [0.3, 0.4) is 0 Å². The first-order valence-electron chi connectivity index (χ1n) is 6.72. The summed E-state index contributed by atoms with van der Waals surface area (Å²) in [5.41, 5.74) is -0.117. The molecule has 0 aliphatic heterocycles. The molecule has 2 rings (SSSR count). The maximum absolute atomic E-state index is 9.85. The van der Waals surface area contributed by atoms with E-state index in [0.29, 0.717) is 5.92 Å². The summed E-state index contributed by atoms with van der Waals surface area (Å²) in [5, 5.41) is 23.1. The summed E-state index contributed by atoms with van der Waals surface area (Å²) in [6.45, 7) is 2.47. The first kappa shape index (κ1) is 12.3. The van der Waals surface area contributed by atoms with E-state index >= 15 is 0 Å². The minimum absolute atomic E-state index is 0.117. The van der Waals surface area contributed by atoms with Crippen LogP contribution in [-0.2, 0) is 0 Å². The number of aliphatic hydroxyl groups excluding tert-OH is 2. The third-order valence-electron chi connectivity index (χ3n) is 4.37. The van der Waals surface area contributed by atoms with Gasteiger partial charge in [-0.2, -0.15) is 0 Å². The maximum Gasteiger partial charge on any atom is 0.0693 e. The summed E-state index contributed by atoms with van der Waals surface area (Å²) in [6.07, 6.45) is 7.43. The van der Waals surface area contributed by atoms with Crippen LogP contribution in [0, 0.1) is 5.92 Å². The average molecular weight is 227 g/mol. The third-order valence-corrected chi connectivity index (χ3v) is 4.37. The molecule has 2 saturated carbocycles. The summed E-state index contributed by atoms with van der Waals surface area (Å²) in [5.74, 6) is 0.687. The molecule has 0 spiro atoms. The molecule has 0 saturated heterocycles. The average Bonchev–Trinajstić information content (AvgIpc) is 2.64. The zero-order chi connectivity index (χ0) is 11.6. The van der Waals surface area contributed by atoms with Gasteiger partial charge in [-0.05, 0) is 38.0 Å². The highest BCUT2D eigenvalue weighted by Gasteiger charge is 2.38. The van der Waals surface area contributed by atoms with Crippen molar-refractivity contribution < 1.29 is 10.2 Å². The van der Waals surface area contributed by atoms with Gasteiger partial charge >= 0.3 is 0 Å². The zero-order valence-electron chi connectivity index (χ0n) is 10.3. The lowest BCUT2D eigenvalue weighted by molar-refractivity contribution is 0.0607. The van der Waals surface area contributed by atoms with Crippen molar-refractivity contribution in [1.29, 1.82) is 0 Å². The molecule has 2 aliphatic carbocycles. The fraction of sp³-hybridized carbons (Fsp3) is 1.00. The Labute approximate surface area is 98.2 Å². The Balaban J connectivity index is 1.97. The molecule has 0 amide bonds. The molecule has 0 aromatic heterocycles. The lowest BCUT2D eigenvalue weighted by atomic mass is 9.76. The highest BCUT2D eigenvalue weighted by Crippen LogP contribution is 2.34. The number of hydrogen-bond donors (Lipinski definition) is 3. The first-order valence-corrected chi connectivity index (χ1v) is 6.72. The van der Waals surface area contributed by atoms with Crippen molar-refractivity contribution >= 4 is 0 Å². The van der Waals surface area contributed by atoms with Crippen molar-refractivity contribution in [3.63, 3.8) is 0 Å². The van der Waals surface area contributed by atoms with E-state index in [1.807, 2.05) is 0 Å². The number of hydrogen-bond acceptors (Lipinski definition) is 3. The minimum atomic E-state index is -0.208. The topological polar surface area (TPSA) is 52.5 Å². The highest BCUT2D eigenvalue weighted by molar-refractivity contribution is 4.97. The van der Waals surface area contributed by atoms with Crippen molar-refractivity contribution in [2.24, 2.45) is 5.92 Å². The van der Waals surface area contributed by atoms with E-state index < -0.39 is 0 Å². The van der Waals surface area contributed by atoms with Gasteiger partial charge < -0.3 is 15.5 Å². The Morgan fingerprint density at radius 3 is 2.62 bits per heavy atom. The van der Waals surface area contributed by atoms with Gasteiger partial charge in [-0.1, -0.05) is 19.8 Å². The Morgan fingerprint density at radius 1 is 1.25 bits per heavy atom. The Hall–Kier alpha value is -0.120. The van der Waals surface area contributed by atoms with Gasteiger partial charge in [0.2, 0.25) is 0 Å².